The molecule has 1 aliphatic heterocycles. The van der Waals surface area contributed by atoms with Gasteiger partial charge in [0.25, 0.3) is 5.91 Å². The monoisotopic (exact) mass is 352 g/mol. The van der Waals surface area contributed by atoms with E-state index in [4.69, 9.17) is 0 Å². The van der Waals surface area contributed by atoms with Crippen molar-refractivity contribution in [3.63, 3.8) is 0 Å². The normalized spacial score (nSPS) is 17.2. The fourth-order valence-electron chi connectivity index (χ4n) is 3.72. The van der Waals surface area contributed by atoms with E-state index in [2.05, 4.69) is 21.8 Å². The number of amides is 1. The molecule has 3 rings (SSSR count). The smallest absolute Gasteiger partial charge is 0.277 e. The van der Waals surface area contributed by atoms with Gasteiger partial charge >= 0.3 is 0 Å². The Morgan fingerprint density at radius 2 is 1.96 bits per heavy atom. The highest BCUT2D eigenvalue weighted by Crippen LogP contribution is 2.26. The van der Waals surface area contributed by atoms with Crippen LogP contribution >= 0.6 is 0 Å². The van der Waals surface area contributed by atoms with Gasteiger partial charge < -0.3 is 9.80 Å². The second-order valence-corrected chi connectivity index (χ2v) is 6.79. The van der Waals surface area contributed by atoms with Gasteiger partial charge in [0, 0.05) is 30.9 Å². The number of piperidine rings is 1. The molecule has 26 heavy (non-hydrogen) atoms. The Bertz CT molecular complexity index is 747. The van der Waals surface area contributed by atoms with Crippen LogP contribution < -0.4 is 9.80 Å². The Morgan fingerprint density at radius 1 is 1.19 bits per heavy atom. The lowest BCUT2D eigenvalue weighted by atomic mass is 10.00. The number of carbonyl (C=O) groups is 1. The minimum atomic E-state index is -0.0736. The van der Waals surface area contributed by atoms with Crippen molar-refractivity contribution in [3.8, 4) is 0 Å². The third-order valence-electron chi connectivity index (χ3n) is 5.07. The van der Waals surface area contributed by atoms with Crippen LogP contribution in [0.4, 0.5) is 11.5 Å². The third-order valence-corrected chi connectivity index (χ3v) is 5.07. The van der Waals surface area contributed by atoms with E-state index in [9.17, 15) is 4.79 Å². The summed E-state index contributed by atoms with van der Waals surface area (Å²) in [6.45, 7) is 7.67. The molecule has 138 valence electrons. The van der Waals surface area contributed by atoms with E-state index in [0.29, 0.717) is 24.1 Å². The third kappa shape index (κ3) is 3.87. The average Bonchev–Trinajstić information content (AvgIpc) is 2.68. The van der Waals surface area contributed by atoms with Crippen LogP contribution in [0.3, 0.4) is 0 Å². The zero-order valence-electron chi connectivity index (χ0n) is 16.0. The molecule has 2 heterocycles. The van der Waals surface area contributed by atoms with Gasteiger partial charge in [0.15, 0.2) is 0 Å². The van der Waals surface area contributed by atoms with Gasteiger partial charge in [-0.05, 0) is 51.7 Å². The van der Waals surface area contributed by atoms with Crippen molar-refractivity contribution in [2.45, 2.75) is 52.5 Å². The van der Waals surface area contributed by atoms with E-state index in [1.807, 2.05) is 50.2 Å². The summed E-state index contributed by atoms with van der Waals surface area (Å²) in [5.41, 5.74) is 1.36. The van der Waals surface area contributed by atoms with Crippen LogP contribution in [0.15, 0.2) is 36.4 Å². The summed E-state index contributed by atoms with van der Waals surface area (Å²) in [4.78, 5) is 26.3. The first kappa shape index (κ1) is 18.4. The Kier molecular flexibility index (Phi) is 5.86. The van der Waals surface area contributed by atoms with Gasteiger partial charge in [-0.2, -0.15) is 0 Å². The minimum absolute atomic E-state index is 0.0736. The van der Waals surface area contributed by atoms with E-state index >= 15 is 0 Å². The Balaban J connectivity index is 1.92. The number of carbonyl (C=O) groups excluding carboxylic acids is 1. The molecule has 5 heteroatoms. The van der Waals surface area contributed by atoms with Crippen LogP contribution in [0.5, 0.6) is 0 Å². The van der Waals surface area contributed by atoms with Crippen molar-refractivity contribution in [3.05, 3.63) is 47.9 Å². The fourth-order valence-corrected chi connectivity index (χ4v) is 3.72. The molecule has 1 unspecified atom stereocenters. The molecule has 0 spiro atoms. The van der Waals surface area contributed by atoms with Crippen molar-refractivity contribution in [2.75, 3.05) is 22.9 Å². The first-order chi connectivity index (χ1) is 12.6. The van der Waals surface area contributed by atoms with Crippen molar-refractivity contribution in [1.82, 2.24) is 9.97 Å². The van der Waals surface area contributed by atoms with Gasteiger partial charge in [-0.3, -0.25) is 4.79 Å². The topological polar surface area (TPSA) is 49.3 Å². The Labute approximate surface area is 156 Å². The number of hydrogen-bond donors (Lipinski definition) is 0. The highest BCUT2D eigenvalue weighted by atomic mass is 16.2. The zero-order valence-corrected chi connectivity index (χ0v) is 16.0. The van der Waals surface area contributed by atoms with Crippen LogP contribution in [0.25, 0.3) is 0 Å². The number of rotatable bonds is 5. The summed E-state index contributed by atoms with van der Waals surface area (Å²) >= 11 is 0. The van der Waals surface area contributed by atoms with Gasteiger partial charge in [0.2, 0.25) is 0 Å². The molecule has 1 saturated heterocycles. The highest BCUT2D eigenvalue weighted by molar-refractivity contribution is 6.05. The van der Waals surface area contributed by atoms with Crippen LogP contribution in [0.2, 0.25) is 0 Å². The Hall–Kier alpha value is -2.43. The second kappa shape index (κ2) is 8.30. The molecule has 0 N–H and O–H groups in total. The van der Waals surface area contributed by atoms with Crippen molar-refractivity contribution >= 4 is 17.4 Å². The lowest BCUT2D eigenvalue weighted by molar-refractivity contribution is 0.0983. The number of aryl methyl sites for hydroxylation is 1. The molecule has 1 aromatic carbocycles. The molecule has 0 saturated carbocycles. The molecular formula is C21H28N4O. The lowest BCUT2D eigenvalue weighted by Gasteiger charge is -2.36. The standard InChI is InChI=1S/C21H28N4O/c1-4-17-11-9-10-14-25(17)20-15-19(22-16(3)23-20)21(26)24(5-2)18-12-7-6-8-13-18/h6-8,12-13,15,17H,4-5,9-11,14H2,1-3H3. The molecule has 1 aromatic heterocycles. The van der Waals surface area contributed by atoms with E-state index < -0.39 is 0 Å². The number of nitrogens with zero attached hydrogens (tertiary/aromatic N) is 4. The van der Waals surface area contributed by atoms with Crippen molar-refractivity contribution < 1.29 is 4.79 Å². The first-order valence-electron chi connectivity index (χ1n) is 9.63. The summed E-state index contributed by atoms with van der Waals surface area (Å²) in [5, 5.41) is 0. The zero-order chi connectivity index (χ0) is 18.5. The number of hydrogen-bond acceptors (Lipinski definition) is 4. The SMILES string of the molecule is CCC1CCCCN1c1cc(C(=O)N(CC)c2ccccc2)nc(C)n1. The molecule has 2 aromatic rings. The van der Waals surface area contributed by atoms with E-state index in [1.165, 1.54) is 19.3 Å². The molecule has 0 bridgehead atoms. The van der Waals surface area contributed by atoms with Crippen LogP contribution in [-0.2, 0) is 0 Å². The van der Waals surface area contributed by atoms with E-state index in [0.717, 1.165) is 24.5 Å². The molecule has 1 fully saturated rings. The van der Waals surface area contributed by atoms with E-state index in [-0.39, 0.29) is 5.91 Å². The Morgan fingerprint density at radius 3 is 2.65 bits per heavy atom. The predicted molar refractivity (Wildman–Crippen MR) is 106 cm³/mol. The number of para-hydroxylation sites is 1. The van der Waals surface area contributed by atoms with Crippen LogP contribution in [0, 0.1) is 6.92 Å². The maximum Gasteiger partial charge on any atom is 0.277 e. The lowest BCUT2D eigenvalue weighted by Crippen LogP contribution is -2.40. The summed E-state index contributed by atoms with van der Waals surface area (Å²) in [6.07, 6.45) is 4.72. The van der Waals surface area contributed by atoms with Crippen LogP contribution in [-0.4, -0.2) is 35.0 Å². The minimum Gasteiger partial charge on any atom is -0.354 e. The predicted octanol–water partition coefficient (Wildman–Crippen LogP) is 4.22. The van der Waals surface area contributed by atoms with Crippen LogP contribution in [0.1, 0.15) is 55.8 Å². The molecule has 1 aliphatic rings. The first-order valence-corrected chi connectivity index (χ1v) is 9.63. The molecule has 1 atom stereocenters. The fraction of sp³-hybridized carbons (Fsp3) is 0.476. The summed E-state index contributed by atoms with van der Waals surface area (Å²) < 4.78 is 0. The van der Waals surface area contributed by atoms with Gasteiger partial charge in [-0.15, -0.1) is 0 Å². The highest BCUT2D eigenvalue weighted by Gasteiger charge is 2.25. The quantitative estimate of drug-likeness (QED) is 0.808. The maximum atomic E-state index is 13.1. The van der Waals surface area contributed by atoms with Gasteiger partial charge in [-0.25, -0.2) is 9.97 Å². The molecule has 0 aliphatic carbocycles. The van der Waals surface area contributed by atoms with Crippen molar-refractivity contribution in [1.29, 1.82) is 0 Å². The van der Waals surface area contributed by atoms with E-state index in [1.54, 1.807) is 4.90 Å². The summed E-state index contributed by atoms with van der Waals surface area (Å²) in [7, 11) is 0. The van der Waals surface area contributed by atoms with Gasteiger partial charge in [-0.1, -0.05) is 25.1 Å². The second-order valence-electron chi connectivity index (χ2n) is 6.79. The number of aromatic nitrogens is 2. The molecule has 0 radical (unpaired) electrons. The number of benzene rings is 1. The van der Waals surface area contributed by atoms with Gasteiger partial charge in [0.05, 0.1) is 0 Å². The van der Waals surface area contributed by atoms with Gasteiger partial charge in [0.1, 0.15) is 17.3 Å². The van der Waals surface area contributed by atoms with Crippen molar-refractivity contribution in [2.24, 2.45) is 0 Å². The molecule has 5 nitrogen and oxygen atoms in total. The summed E-state index contributed by atoms with van der Waals surface area (Å²) in [5.74, 6) is 1.46. The molecular weight excluding hydrogens is 324 g/mol. The largest absolute Gasteiger partial charge is 0.354 e. The summed E-state index contributed by atoms with van der Waals surface area (Å²) in [6, 6.07) is 12.1. The maximum absolute atomic E-state index is 13.1. The molecule has 1 amide bonds. The average molecular weight is 352 g/mol. The number of anilines is 2.